The van der Waals surface area contributed by atoms with Crippen LogP contribution >= 0.6 is 0 Å². The van der Waals surface area contributed by atoms with Gasteiger partial charge in [-0.05, 0) is 161 Å². The van der Waals surface area contributed by atoms with Crippen LogP contribution in [0.3, 0.4) is 0 Å². The molecule has 0 aliphatic heterocycles. The molecule has 0 N–H and O–H groups in total. The second-order valence-electron chi connectivity index (χ2n) is 23.7. The molecule has 0 unspecified atom stereocenters. The van der Waals surface area contributed by atoms with E-state index in [-0.39, 0.29) is 0 Å². The molecule has 18 rings (SSSR count). The van der Waals surface area contributed by atoms with Crippen LogP contribution in [-0.4, -0.2) is 24.5 Å². The quantitative estimate of drug-likeness (QED) is 0.135. The van der Waals surface area contributed by atoms with Gasteiger partial charge >= 0.3 is 0 Å². The Morgan fingerprint density at radius 1 is 0.187 bits per heavy atom. The van der Waals surface area contributed by atoms with Gasteiger partial charge in [-0.25, -0.2) is 9.97 Å². The lowest BCUT2D eigenvalue weighted by atomic mass is 9.93. The SMILES string of the molecule is c1ccc(-c2ccc3c4ccc(-c5ccccc5)cc4c4nc(-c5cccc(-c6ccc7c(c6)c6cc(-c8cccc(-c9cnc%10c%11cc(-c%12ccccc%12)ccc%11c%11ccc(-c%12ccccc%12)cc%11c%10n9)c8)ccc6n7-c6ccccc6)c5)cnc4c3c2)cc1. The molecule has 0 fully saturated rings. The van der Waals surface area contributed by atoms with E-state index in [9.17, 15) is 0 Å². The number of hydrogen-bond acceptors (Lipinski definition) is 4. The molecule has 0 aliphatic rings. The van der Waals surface area contributed by atoms with Gasteiger partial charge in [-0.2, -0.15) is 0 Å². The Morgan fingerprint density at radius 3 is 0.824 bits per heavy atom. The third-order valence-corrected chi connectivity index (χ3v) is 18.4. The van der Waals surface area contributed by atoms with Crippen LogP contribution in [0.15, 0.2) is 322 Å². The molecule has 0 spiro atoms. The highest BCUT2D eigenvalue weighted by Gasteiger charge is 2.20. The molecule has 422 valence electrons. The van der Waals surface area contributed by atoms with Crippen molar-refractivity contribution in [3.63, 3.8) is 0 Å². The molecule has 0 radical (unpaired) electrons. The summed E-state index contributed by atoms with van der Waals surface area (Å²) in [6.45, 7) is 0. The van der Waals surface area contributed by atoms with Gasteiger partial charge in [0, 0.05) is 49.1 Å². The zero-order valence-corrected chi connectivity index (χ0v) is 49.3. The van der Waals surface area contributed by atoms with Crippen molar-refractivity contribution in [2.75, 3.05) is 0 Å². The summed E-state index contributed by atoms with van der Waals surface area (Å²) in [5, 5.41) is 11.3. The maximum Gasteiger partial charge on any atom is 0.0979 e. The Hall–Kier alpha value is -12.2. The normalized spacial score (nSPS) is 11.7. The minimum atomic E-state index is 0.819. The monoisotopic (exact) mass is 1160 g/mol. The number of fused-ring (bicyclic) bond motifs is 15. The van der Waals surface area contributed by atoms with Gasteiger partial charge in [-0.3, -0.25) is 9.97 Å². The molecule has 0 saturated heterocycles. The van der Waals surface area contributed by atoms with Crippen LogP contribution in [0.5, 0.6) is 0 Å². The van der Waals surface area contributed by atoms with Crippen molar-refractivity contribution in [3.05, 3.63) is 322 Å². The molecule has 3 aromatic heterocycles. The summed E-state index contributed by atoms with van der Waals surface area (Å²) >= 11 is 0. The molecule has 0 saturated carbocycles. The molecule has 0 amide bonds. The first-order valence-corrected chi connectivity index (χ1v) is 31.0. The molecular weight excluding hydrogens is 1100 g/mol. The Kier molecular flexibility index (Phi) is 12.2. The molecule has 3 heterocycles. The standard InChI is InChI=1S/C86H53N5/c1-6-18-54(19-7-1)60-32-38-69-71-40-34-62(56-22-10-3-11-23-56)50-77(71)85-83(75(69)48-60)87-52-79(89-85)66-28-16-26-58(44-66)64-36-42-81-73(46-64)74-47-65(37-43-82(74)91(81)68-30-14-5-15-31-68)59-27-17-29-67(45-59)80-53-88-84-76-49-61(55-20-8-2-9-21-55)33-39-70(76)72-41-35-63(51-78(72)86(84)90-80)57-24-12-4-13-25-57/h1-53H. The van der Waals surface area contributed by atoms with Gasteiger partial charge in [0.25, 0.3) is 0 Å². The van der Waals surface area contributed by atoms with Crippen LogP contribution in [-0.2, 0) is 0 Å². The summed E-state index contributed by atoms with van der Waals surface area (Å²) in [6.07, 6.45) is 3.91. The number of hydrogen-bond donors (Lipinski definition) is 0. The van der Waals surface area contributed by atoms with Crippen LogP contribution in [0.2, 0.25) is 0 Å². The fourth-order valence-corrected chi connectivity index (χ4v) is 13.9. The molecule has 5 nitrogen and oxygen atoms in total. The number of benzene rings is 15. The maximum atomic E-state index is 5.58. The molecule has 91 heavy (non-hydrogen) atoms. The Bertz CT molecular complexity index is 5580. The number of para-hydroxylation sites is 1. The summed E-state index contributed by atoms with van der Waals surface area (Å²) in [7, 11) is 0. The summed E-state index contributed by atoms with van der Waals surface area (Å²) in [5.41, 5.74) is 24.2. The van der Waals surface area contributed by atoms with E-state index in [2.05, 4.69) is 314 Å². The van der Waals surface area contributed by atoms with E-state index in [4.69, 9.17) is 19.9 Å². The van der Waals surface area contributed by atoms with Crippen LogP contribution in [0.4, 0.5) is 0 Å². The van der Waals surface area contributed by atoms with E-state index in [0.717, 1.165) is 171 Å². The minimum Gasteiger partial charge on any atom is -0.309 e. The summed E-state index contributed by atoms with van der Waals surface area (Å²) in [4.78, 5) is 21.8. The Labute approximate surface area is 525 Å². The highest BCUT2D eigenvalue weighted by molar-refractivity contribution is 6.26. The lowest BCUT2D eigenvalue weighted by Gasteiger charge is -2.14. The molecule has 0 bridgehead atoms. The van der Waals surface area contributed by atoms with E-state index in [1.54, 1.807) is 0 Å². The second kappa shape index (κ2) is 21.3. The van der Waals surface area contributed by atoms with E-state index in [1.807, 2.05) is 12.4 Å². The molecule has 0 aliphatic carbocycles. The summed E-state index contributed by atoms with van der Waals surface area (Å²) in [5.74, 6) is 0. The molecule has 15 aromatic carbocycles. The van der Waals surface area contributed by atoms with Gasteiger partial charge in [-0.15, -0.1) is 0 Å². The average molecular weight is 1160 g/mol. The average Bonchev–Trinajstić information content (AvgIpc) is 1.33. The van der Waals surface area contributed by atoms with Gasteiger partial charge in [0.1, 0.15) is 0 Å². The van der Waals surface area contributed by atoms with Crippen LogP contribution < -0.4 is 0 Å². The topological polar surface area (TPSA) is 56.5 Å². The third kappa shape index (κ3) is 8.93. The number of aromatic nitrogens is 5. The van der Waals surface area contributed by atoms with E-state index < -0.39 is 0 Å². The van der Waals surface area contributed by atoms with Crippen LogP contribution in [0, 0.1) is 0 Å². The van der Waals surface area contributed by atoms with E-state index in [0.29, 0.717) is 0 Å². The van der Waals surface area contributed by atoms with Crippen molar-refractivity contribution < 1.29 is 0 Å². The Morgan fingerprint density at radius 2 is 0.462 bits per heavy atom. The fourth-order valence-electron chi connectivity index (χ4n) is 13.9. The predicted molar refractivity (Wildman–Crippen MR) is 380 cm³/mol. The molecule has 5 heteroatoms. The lowest BCUT2D eigenvalue weighted by molar-refractivity contribution is 1.18. The highest BCUT2D eigenvalue weighted by Crippen LogP contribution is 2.43. The zero-order chi connectivity index (χ0) is 59.9. The maximum absolute atomic E-state index is 5.58. The van der Waals surface area contributed by atoms with Crippen molar-refractivity contribution in [1.29, 1.82) is 0 Å². The van der Waals surface area contributed by atoms with Gasteiger partial charge in [0.05, 0.1) is 56.9 Å². The smallest absolute Gasteiger partial charge is 0.0979 e. The van der Waals surface area contributed by atoms with Crippen molar-refractivity contribution in [3.8, 4) is 95.0 Å². The lowest BCUT2D eigenvalue weighted by Crippen LogP contribution is -1.94. The van der Waals surface area contributed by atoms with Gasteiger partial charge in [0.15, 0.2) is 0 Å². The first kappa shape index (κ1) is 52.0. The van der Waals surface area contributed by atoms with Crippen molar-refractivity contribution in [2.24, 2.45) is 0 Å². The van der Waals surface area contributed by atoms with Gasteiger partial charge in [0.2, 0.25) is 0 Å². The molecular formula is C86H53N5. The second-order valence-corrected chi connectivity index (χ2v) is 23.7. The van der Waals surface area contributed by atoms with Gasteiger partial charge < -0.3 is 4.57 Å². The summed E-state index contributed by atoms with van der Waals surface area (Å²) in [6, 6.07) is 111. The largest absolute Gasteiger partial charge is 0.309 e. The van der Waals surface area contributed by atoms with Crippen LogP contribution in [0.1, 0.15) is 0 Å². The van der Waals surface area contributed by atoms with Crippen LogP contribution in [0.25, 0.3) is 182 Å². The molecule has 18 aromatic rings. The van der Waals surface area contributed by atoms with E-state index >= 15 is 0 Å². The minimum absolute atomic E-state index is 0.819. The van der Waals surface area contributed by atoms with Gasteiger partial charge in [-0.1, -0.05) is 237 Å². The number of nitrogens with zero attached hydrogens (tertiary/aromatic N) is 5. The zero-order valence-electron chi connectivity index (χ0n) is 49.3. The van der Waals surface area contributed by atoms with Crippen molar-refractivity contribution in [2.45, 2.75) is 0 Å². The summed E-state index contributed by atoms with van der Waals surface area (Å²) < 4.78 is 2.39. The fraction of sp³-hybridized carbons (Fsp3) is 0. The first-order valence-electron chi connectivity index (χ1n) is 31.0. The number of rotatable bonds is 9. The molecule has 0 atom stereocenters. The van der Waals surface area contributed by atoms with E-state index in [1.165, 1.54) is 11.1 Å². The van der Waals surface area contributed by atoms with Crippen molar-refractivity contribution >= 4 is 87.0 Å². The third-order valence-electron chi connectivity index (χ3n) is 18.4. The predicted octanol–water partition coefficient (Wildman–Crippen LogP) is 22.6. The first-order chi connectivity index (χ1) is 45.1. The highest BCUT2D eigenvalue weighted by atomic mass is 15.0. The Balaban J connectivity index is 0.751. The van der Waals surface area contributed by atoms with Crippen molar-refractivity contribution in [1.82, 2.24) is 24.5 Å².